The summed E-state index contributed by atoms with van der Waals surface area (Å²) in [4.78, 5) is 3.61. The highest BCUT2D eigenvalue weighted by molar-refractivity contribution is 6.50. The van der Waals surface area contributed by atoms with Crippen molar-refractivity contribution in [2.24, 2.45) is 0 Å². The molecule has 0 fully saturated rings. The Morgan fingerprint density at radius 1 is 1.00 bits per heavy atom. The number of rotatable bonds is 3. The van der Waals surface area contributed by atoms with Gasteiger partial charge in [-0.15, -0.1) is 0 Å². The molecule has 0 aliphatic heterocycles. The van der Waals surface area contributed by atoms with Gasteiger partial charge in [0.2, 0.25) is 5.36 Å². The third-order valence-electron chi connectivity index (χ3n) is 3.99. The SMILES string of the molecule is CCC(C)[NH+]=c1cc(-c2ccccc2)oc2ccc(C)cc12.F[B-](F)(F)F. The van der Waals surface area contributed by atoms with Crippen LogP contribution in [0.5, 0.6) is 0 Å². The molecule has 1 unspecified atom stereocenters. The van der Waals surface area contributed by atoms with Gasteiger partial charge in [-0.25, -0.2) is 4.99 Å². The minimum Gasteiger partial charge on any atom is -0.456 e. The lowest BCUT2D eigenvalue weighted by Crippen LogP contribution is -2.81. The van der Waals surface area contributed by atoms with E-state index in [4.69, 9.17) is 4.42 Å². The second kappa shape index (κ2) is 8.89. The fourth-order valence-corrected chi connectivity index (χ4v) is 2.53. The predicted octanol–water partition coefficient (Wildman–Crippen LogP) is 4.49. The number of halogens is 4. The van der Waals surface area contributed by atoms with Gasteiger partial charge < -0.3 is 21.7 Å². The average molecular weight is 379 g/mol. The van der Waals surface area contributed by atoms with Gasteiger partial charge in [-0.1, -0.05) is 48.9 Å². The van der Waals surface area contributed by atoms with Gasteiger partial charge in [0.15, 0.2) is 0 Å². The predicted molar refractivity (Wildman–Crippen MR) is 100 cm³/mol. The quantitative estimate of drug-likeness (QED) is 0.527. The molecule has 7 heteroatoms. The highest BCUT2D eigenvalue weighted by atomic mass is 19.5. The highest BCUT2D eigenvalue weighted by Crippen LogP contribution is 2.21. The third-order valence-corrected chi connectivity index (χ3v) is 3.99. The smallest absolute Gasteiger partial charge is 0.456 e. The third kappa shape index (κ3) is 6.59. The van der Waals surface area contributed by atoms with E-state index >= 15 is 0 Å². The molecule has 3 aromatic rings. The molecule has 1 heterocycles. The van der Waals surface area contributed by atoms with Gasteiger partial charge in [0.25, 0.3) is 0 Å². The summed E-state index contributed by atoms with van der Waals surface area (Å²) in [6.07, 6.45) is 1.08. The van der Waals surface area contributed by atoms with Crippen LogP contribution in [0, 0.1) is 6.92 Å². The Morgan fingerprint density at radius 2 is 1.63 bits per heavy atom. The highest BCUT2D eigenvalue weighted by Gasteiger charge is 2.20. The van der Waals surface area contributed by atoms with E-state index in [0.717, 1.165) is 34.1 Å². The molecule has 0 aliphatic carbocycles. The summed E-state index contributed by atoms with van der Waals surface area (Å²) < 4.78 is 45.1. The van der Waals surface area contributed by atoms with E-state index in [0.29, 0.717) is 6.04 Å². The van der Waals surface area contributed by atoms with Crippen LogP contribution in [-0.4, -0.2) is 13.3 Å². The molecule has 0 spiro atoms. The minimum absolute atomic E-state index is 0.426. The number of benzene rings is 2. The Hall–Kier alpha value is -2.57. The molecule has 3 rings (SSSR count). The first-order valence-electron chi connectivity index (χ1n) is 8.74. The lowest BCUT2D eigenvalue weighted by molar-refractivity contribution is -0.538. The average Bonchev–Trinajstić information content (AvgIpc) is 2.61. The standard InChI is InChI=1S/C20H21NO.BF4/c1-4-15(3)21-18-13-20(16-8-6-5-7-9-16)22-19-11-10-14(2)12-17(18)19;2-1(3,4)5/h5-13,15H,4H2,1-3H3;/q;-1/p+1. The Bertz CT molecular complexity index is 946. The summed E-state index contributed by atoms with van der Waals surface area (Å²) in [5.41, 5.74) is 3.25. The molecule has 1 aromatic heterocycles. The zero-order chi connectivity index (χ0) is 20.0. The fraction of sp³-hybridized carbons (Fsp3) is 0.250. The van der Waals surface area contributed by atoms with E-state index < -0.39 is 7.25 Å². The molecule has 0 amide bonds. The van der Waals surface area contributed by atoms with Gasteiger partial charge in [0, 0.05) is 12.0 Å². The van der Waals surface area contributed by atoms with Crippen molar-refractivity contribution in [2.45, 2.75) is 33.2 Å². The maximum absolute atomic E-state index is 9.75. The molecule has 0 bridgehead atoms. The van der Waals surface area contributed by atoms with Crippen molar-refractivity contribution < 1.29 is 26.7 Å². The largest absolute Gasteiger partial charge is 0.673 e. The van der Waals surface area contributed by atoms with Gasteiger partial charge in [-0.05, 0) is 26.0 Å². The van der Waals surface area contributed by atoms with Crippen LogP contribution in [0.1, 0.15) is 25.8 Å². The lowest BCUT2D eigenvalue weighted by Gasteiger charge is -2.04. The van der Waals surface area contributed by atoms with Gasteiger partial charge in [0.05, 0.1) is 11.5 Å². The first kappa shape index (κ1) is 20.7. The van der Waals surface area contributed by atoms with E-state index in [1.165, 1.54) is 5.56 Å². The topological polar surface area (TPSA) is 27.1 Å². The second-order valence-corrected chi connectivity index (χ2v) is 6.34. The van der Waals surface area contributed by atoms with Crippen molar-refractivity contribution in [3.05, 3.63) is 65.5 Å². The monoisotopic (exact) mass is 379 g/mol. The summed E-state index contributed by atoms with van der Waals surface area (Å²) in [5, 5.41) is 2.28. The lowest BCUT2D eigenvalue weighted by atomic mass is 10.1. The fourth-order valence-electron chi connectivity index (χ4n) is 2.53. The van der Waals surface area contributed by atoms with E-state index in [9.17, 15) is 17.3 Å². The first-order valence-corrected chi connectivity index (χ1v) is 8.74. The summed E-state index contributed by atoms with van der Waals surface area (Å²) >= 11 is 0. The minimum atomic E-state index is -6.00. The molecule has 1 atom stereocenters. The number of hydrogen-bond donors (Lipinski definition) is 1. The van der Waals surface area contributed by atoms with Gasteiger partial charge in [-0.3, -0.25) is 0 Å². The van der Waals surface area contributed by atoms with Crippen molar-refractivity contribution in [1.29, 1.82) is 0 Å². The second-order valence-electron chi connectivity index (χ2n) is 6.34. The summed E-state index contributed by atoms with van der Waals surface area (Å²) in [5.74, 6) is 0.891. The number of fused-ring (bicyclic) bond motifs is 1. The van der Waals surface area contributed by atoms with Crippen molar-refractivity contribution in [3.63, 3.8) is 0 Å². The van der Waals surface area contributed by atoms with Gasteiger partial charge >= 0.3 is 7.25 Å². The number of hydrogen-bond acceptors (Lipinski definition) is 1. The number of aryl methyl sites for hydroxylation is 1. The summed E-state index contributed by atoms with van der Waals surface area (Å²) in [6.45, 7) is 6.50. The zero-order valence-corrected chi connectivity index (χ0v) is 15.5. The molecule has 0 saturated heterocycles. The molecule has 27 heavy (non-hydrogen) atoms. The number of nitrogens with one attached hydrogen (secondary N) is 1. The molecular formula is C20H22BF4NO. The van der Waals surface area contributed by atoms with Crippen LogP contribution in [0.4, 0.5) is 17.3 Å². The Kier molecular flexibility index (Phi) is 6.83. The van der Waals surface area contributed by atoms with E-state index in [2.05, 4.69) is 62.2 Å². The van der Waals surface area contributed by atoms with Crippen molar-refractivity contribution >= 4 is 18.2 Å². The van der Waals surface area contributed by atoms with Gasteiger partial charge in [0.1, 0.15) is 17.4 Å². The molecule has 2 nitrogen and oxygen atoms in total. The Balaban J connectivity index is 0.000000465. The van der Waals surface area contributed by atoms with Crippen LogP contribution in [-0.2, 0) is 0 Å². The van der Waals surface area contributed by atoms with E-state index in [1.54, 1.807) is 0 Å². The first-order chi connectivity index (χ1) is 12.7. The van der Waals surface area contributed by atoms with Crippen molar-refractivity contribution in [1.82, 2.24) is 0 Å². The Morgan fingerprint density at radius 3 is 2.22 bits per heavy atom. The molecule has 2 aromatic carbocycles. The molecular weight excluding hydrogens is 357 g/mol. The molecule has 0 aliphatic rings. The van der Waals surface area contributed by atoms with Crippen molar-refractivity contribution in [2.75, 3.05) is 0 Å². The normalized spacial score (nSPS) is 13.2. The zero-order valence-electron chi connectivity index (χ0n) is 15.5. The molecule has 1 N–H and O–H groups in total. The summed E-state index contributed by atoms with van der Waals surface area (Å²) in [7, 11) is -6.00. The van der Waals surface area contributed by atoms with E-state index in [-0.39, 0.29) is 0 Å². The van der Waals surface area contributed by atoms with Crippen LogP contribution < -0.4 is 10.3 Å². The molecule has 144 valence electrons. The Labute approximate surface area is 155 Å². The van der Waals surface area contributed by atoms with Crippen LogP contribution >= 0.6 is 0 Å². The van der Waals surface area contributed by atoms with Crippen LogP contribution in [0.3, 0.4) is 0 Å². The van der Waals surface area contributed by atoms with Crippen LogP contribution in [0.2, 0.25) is 0 Å². The molecule has 0 radical (unpaired) electrons. The molecule has 0 saturated carbocycles. The van der Waals surface area contributed by atoms with E-state index in [1.807, 2.05) is 18.2 Å². The van der Waals surface area contributed by atoms with Gasteiger partial charge in [-0.2, -0.15) is 0 Å². The van der Waals surface area contributed by atoms with Crippen LogP contribution in [0.15, 0.2) is 59.0 Å². The van der Waals surface area contributed by atoms with Crippen LogP contribution in [0.25, 0.3) is 22.3 Å². The summed E-state index contributed by atoms with van der Waals surface area (Å²) in [6, 6.07) is 19.1. The van der Waals surface area contributed by atoms with Crippen molar-refractivity contribution in [3.8, 4) is 11.3 Å². The maximum Gasteiger partial charge on any atom is 0.673 e. The maximum atomic E-state index is 9.75.